The maximum Gasteiger partial charge on any atom is 0.0443 e. The number of hydrogen-bond acceptors (Lipinski definition) is 2. The molecule has 1 N–H and O–H groups in total. The van der Waals surface area contributed by atoms with E-state index in [1.165, 1.54) is 34.2 Å². The first-order valence-electron chi connectivity index (χ1n) is 6.60. The van der Waals surface area contributed by atoms with Crippen LogP contribution in [0.5, 0.6) is 0 Å². The molecule has 0 aliphatic heterocycles. The Morgan fingerprint density at radius 2 is 2.18 bits per heavy atom. The first kappa shape index (κ1) is 11.2. The van der Waals surface area contributed by atoms with Crippen LogP contribution in [0.3, 0.4) is 0 Å². The fraction of sp³-hybridized carbons (Fsp3) is 0.467. The van der Waals surface area contributed by atoms with E-state index < -0.39 is 0 Å². The Kier molecular flexibility index (Phi) is 3.17. The highest BCUT2D eigenvalue weighted by Crippen LogP contribution is 2.44. The highest BCUT2D eigenvalue weighted by molar-refractivity contribution is 7.19. The van der Waals surface area contributed by atoms with Crippen LogP contribution in [-0.2, 0) is 0 Å². The monoisotopic (exact) mass is 245 g/mol. The van der Waals surface area contributed by atoms with Crippen molar-refractivity contribution in [2.75, 3.05) is 6.54 Å². The highest BCUT2D eigenvalue weighted by atomic mass is 32.1. The van der Waals surface area contributed by atoms with E-state index in [-0.39, 0.29) is 0 Å². The summed E-state index contributed by atoms with van der Waals surface area (Å²) < 4.78 is 1.42. The minimum absolute atomic E-state index is 0.604. The van der Waals surface area contributed by atoms with E-state index in [1.54, 1.807) is 0 Å². The van der Waals surface area contributed by atoms with Gasteiger partial charge < -0.3 is 5.32 Å². The molecule has 0 spiro atoms. The molecule has 1 aliphatic carbocycles. The van der Waals surface area contributed by atoms with Crippen molar-refractivity contribution >= 4 is 21.4 Å². The van der Waals surface area contributed by atoms with Gasteiger partial charge in [0.2, 0.25) is 0 Å². The Hall–Kier alpha value is -0.860. The maximum atomic E-state index is 3.72. The number of hydrogen-bond donors (Lipinski definition) is 1. The fourth-order valence-corrected chi connectivity index (χ4v) is 3.62. The van der Waals surface area contributed by atoms with E-state index in [2.05, 4.69) is 42.6 Å². The van der Waals surface area contributed by atoms with Crippen LogP contribution in [0.2, 0.25) is 0 Å². The summed E-state index contributed by atoms with van der Waals surface area (Å²) in [5.41, 5.74) is 0. The lowest BCUT2D eigenvalue weighted by Crippen LogP contribution is -2.22. The van der Waals surface area contributed by atoms with Crippen LogP contribution in [0.4, 0.5) is 0 Å². The van der Waals surface area contributed by atoms with Crippen molar-refractivity contribution in [2.45, 2.75) is 32.2 Å². The molecule has 2 aromatic rings. The van der Waals surface area contributed by atoms with Crippen molar-refractivity contribution in [3.63, 3.8) is 0 Å². The van der Waals surface area contributed by atoms with Gasteiger partial charge in [-0.15, -0.1) is 11.3 Å². The lowest BCUT2D eigenvalue weighted by Gasteiger charge is -2.15. The minimum atomic E-state index is 0.604. The summed E-state index contributed by atoms with van der Waals surface area (Å²) in [5, 5.41) is 5.12. The third-order valence-corrected chi connectivity index (χ3v) is 4.66. The second-order valence-corrected chi connectivity index (χ2v) is 6.07. The fourth-order valence-electron chi connectivity index (χ4n) is 2.38. The topological polar surface area (TPSA) is 12.0 Å². The second kappa shape index (κ2) is 4.79. The van der Waals surface area contributed by atoms with Gasteiger partial charge in [0.05, 0.1) is 0 Å². The van der Waals surface area contributed by atoms with Gasteiger partial charge in [0.15, 0.2) is 0 Å². The lowest BCUT2D eigenvalue weighted by molar-refractivity contribution is 0.488. The summed E-state index contributed by atoms with van der Waals surface area (Å²) in [5.74, 6) is 0.884. The Morgan fingerprint density at radius 3 is 2.88 bits per heavy atom. The van der Waals surface area contributed by atoms with Gasteiger partial charge in [0.1, 0.15) is 0 Å². The van der Waals surface area contributed by atoms with Crippen molar-refractivity contribution in [3.05, 3.63) is 35.2 Å². The molecule has 2 heteroatoms. The molecule has 0 bridgehead atoms. The van der Waals surface area contributed by atoms with Gasteiger partial charge in [-0.05, 0) is 49.2 Å². The molecule has 0 amide bonds. The van der Waals surface area contributed by atoms with Gasteiger partial charge in [-0.1, -0.05) is 25.1 Å². The molecule has 3 rings (SSSR count). The molecule has 1 aromatic heterocycles. The lowest BCUT2D eigenvalue weighted by atomic mass is 10.1. The minimum Gasteiger partial charge on any atom is -0.309 e. The summed E-state index contributed by atoms with van der Waals surface area (Å²) >= 11 is 1.96. The van der Waals surface area contributed by atoms with E-state index >= 15 is 0 Å². The maximum absolute atomic E-state index is 3.72. The predicted molar refractivity (Wildman–Crippen MR) is 75.6 cm³/mol. The zero-order valence-electron chi connectivity index (χ0n) is 10.3. The zero-order chi connectivity index (χ0) is 11.7. The van der Waals surface area contributed by atoms with Crippen molar-refractivity contribution in [1.82, 2.24) is 5.32 Å². The van der Waals surface area contributed by atoms with E-state index in [9.17, 15) is 0 Å². The van der Waals surface area contributed by atoms with Gasteiger partial charge in [-0.25, -0.2) is 0 Å². The zero-order valence-corrected chi connectivity index (χ0v) is 11.1. The van der Waals surface area contributed by atoms with Crippen LogP contribution < -0.4 is 5.32 Å². The largest absolute Gasteiger partial charge is 0.309 e. The molecule has 0 saturated heterocycles. The third kappa shape index (κ3) is 2.38. The predicted octanol–water partition coefficient (Wildman–Crippen LogP) is 4.35. The number of nitrogens with one attached hydrogen (secondary N) is 1. The average Bonchev–Trinajstić information content (AvgIpc) is 3.09. The van der Waals surface area contributed by atoms with Gasteiger partial charge >= 0.3 is 0 Å². The van der Waals surface area contributed by atoms with Crippen LogP contribution >= 0.6 is 11.3 Å². The molecule has 1 aliphatic rings. The molecule has 1 unspecified atom stereocenters. The molecular formula is C15H19NS. The summed E-state index contributed by atoms with van der Waals surface area (Å²) in [6.07, 6.45) is 4.01. The number of fused-ring (bicyclic) bond motifs is 1. The standard InChI is InChI=1S/C15H19NS/c1-2-9-16-15(11-7-8-11)14-10-12-5-3-4-6-13(12)17-14/h3-6,10-11,15-16H,2,7-9H2,1H3. The van der Waals surface area contributed by atoms with Crippen molar-refractivity contribution in [1.29, 1.82) is 0 Å². The summed E-state index contributed by atoms with van der Waals surface area (Å²) in [6, 6.07) is 11.7. The molecule has 1 fully saturated rings. The van der Waals surface area contributed by atoms with Crippen LogP contribution in [0, 0.1) is 5.92 Å². The van der Waals surface area contributed by atoms with E-state index in [0.29, 0.717) is 6.04 Å². The van der Waals surface area contributed by atoms with Crippen LogP contribution in [0.25, 0.3) is 10.1 Å². The van der Waals surface area contributed by atoms with Crippen molar-refractivity contribution < 1.29 is 0 Å². The normalized spacial score (nSPS) is 17.5. The first-order valence-corrected chi connectivity index (χ1v) is 7.42. The molecule has 1 nitrogen and oxygen atoms in total. The Bertz CT molecular complexity index is 465. The third-order valence-electron chi connectivity index (χ3n) is 3.46. The Labute approximate surface area is 107 Å². The molecule has 17 heavy (non-hydrogen) atoms. The van der Waals surface area contributed by atoms with E-state index in [1.807, 2.05) is 11.3 Å². The first-order chi connectivity index (χ1) is 8.38. The molecule has 1 heterocycles. The van der Waals surface area contributed by atoms with E-state index in [0.717, 1.165) is 12.5 Å². The van der Waals surface area contributed by atoms with Gasteiger partial charge in [-0.2, -0.15) is 0 Å². The van der Waals surface area contributed by atoms with Gasteiger partial charge in [-0.3, -0.25) is 0 Å². The SMILES string of the molecule is CCCNC(c1cc2ccccc2s1)C1CC1. The Balaban J connectivity index is 1.88. The number of thiophene rings is 1. The smallest absolute Gasteiger partial charge is 0.0443 e. The van der Waals surface area contributed by atoms with Gasteiger partial charge in [0, 0.05) is 15.6 Å². The molecule has 90 valence electrons. The van der Waals surface area contributed by atoms with Crippen molar-refractivity contribution in [3.8, 4) is 0 Å². The summed E-state index contributed by atoms with van der Waals surface area (Å²) in [4.78, 5) is 1.53. The van der Waals surface area contributed by atoms with E-state index in [4.69, 9.17) is 0 Å². The quantitative estimate of drug-likeness (QED) is 0.825. The second-order valence-electron chi connectivity index (χ2n) is 4.96. The van der Waals surface area contributed by atoms with Crippen LogP contribution in [0.1, 0.15) is 37.1 Å². The Morgan fingerprint density at radius 1 is 1.35 bits per heavy atom. The summed E-state index contributed by atoms with van der Waals surface area (Å²) in [7, 11) is 0. The van der Waals surface area contributed by atoms with Crippen LogP contribution in [-0.4, -0.2) is 6.54 Å². The molecular weight excluding hydrogens is 226 g/mol. The molecule has 1 saturated carbocycles. The number of rotatable bonds is 5. The van der Waals surface area contributed by atoms with Gasteiger partial charge in [0.25, 0.3) is 0 Å². The molecule has 1 aromatic carbocycles. The number of benzene rings is 1. The highest BCUT2D eigenvalue weighted by Gasteiger charge is 2.32. The van der Waals surface area contributed by atoms with Crippen molar-refractivity contribution in [2.24, 2.45) is 5.92 Å². The summed E-state index contributed by atoms with van der Waals surface area (Å²) in [6.45, 7) is 3.37. The van der Waals surface area contributed by atoms with Crippen LogP contribution in [0.15, 0.2) is 30.3 Å². The molecule has 1 atom stereocenters. The average molecular weight is 245 g/mol. The molecule has 0 radical (unpaired) electrons.